The first-order chi connectivity index (χ1) is 10.2. The minimum Gasteiger partial charge on any atom is -0.461 e. The normalized spacial score (nSPS) is 18.4. The van der Waals surface area contributed by atoms with Crippen LogP contribution in [-0.2, 0) is 14.3 Å². The number of para-hydroxylation sites is 1. The predicted molar refractivity (Wildman–Crippen MR) is 81.0 cm³/mol. The van der Waals surface area contributed by atoms with Gasteiger partial charge in [-0.05, 0) is 25.5 Å². The molecular formula is C16H20N2O3. The first-order valence-electron chi connectivity index (χ1n) is 7.31. The zero-order valence-corrected chi connectivity index (χ0v) is 12.4. The van der Waals surface area contributed by atoms with Crippen LogP contribution in [0.25, 0.3) is 0 Å². The number of anilines is 1. The average molecular weight is 288 g/mol. The molecule has 0 fully saturated rings. The lowest BCUT2D eigenvalue weighted by atomic mass is 9.92. The SMILES string of the molecule is CCC[C@@H]1CC(=O)N(c2ccccc2)N=C1C(=O)OCC. The molecule has 5 heteroatoms. The third-order valence-electron chi connectivity index (χ3n) is 3.37. The van der Waals surface area contributed by atoms with Crippen LogP contribution in [0.3, 0.4) is 0 Å². The monoisotopic (exact) mass is 288 g/mol. The Labute approximate surface area is 124 Å². The van der Waals surface area contributed by atoms with Gasteiger partial charge in [-0.2, -0.15) is 5.10 Å². The van der Waals surface area contributed by atoms with Crippen LogP contribution in [0.1, 0.15) is 33.1 Å². The molecule has 2 rings (SSSR count). The van der Waals surface area contributed by atoms with Gasteiger partial charge in [-0.15, -0.1) is 0 Å². The Kier molecular flexibility index (Phi) is 5.09. The summed E-state index contributed by atoms with van der Waals surface area (Å²) in [4.78, 5) is 24.3. The molecule has 0 unspecified atom stereocenters. The summed E-state index contributed by atoms with van der Waals surface area (Å²) in [6.07, 6.45) is 1.94. The number of amides is 1. The van der Waals surface area contributed by atoms with Crippen LogP contribution in [0.2, 0.25) is 0 Å². The summed E-state index contributed by atoms with van der Waals surface area (Å²) in [7, 11) is 0. The lowest BCUT2D eigenvalue weighted by molar-refractivity contribution is -0.135. The van der Waals surface area contributed by atoms with Crippen molar-refractivity contribution in [3.8, 4) is 0 Å². The summed E-state index contributed by atoms with van der Waals surface area (Å²) >= 11 is 0. The van der Waals surface area contributed by atoms with Gasteiger partial charge in [0.25, 0.3) is 0 Å². The zero-order chi connectivity index (χ0) is 15.2. The van der Waals surface area contributed by atoms with E-state index in [2.05, 4.69) is 5.10 Å². The van der Waals surface area contributed by atoms with Gasteiger partial charge in [-0.1, -0.05) is 31.5 Å². The van der Waals surface area contributed by atoms with Crippen molar-refractivity contribution < 1.29 is 14.3 Å². The average Bonchev–Trinajstić information content (AvgIpc) is 2.49. The minimum absolute atomic E-state index is 0.0901. The Morgan fingerprint density at radius 1 is 1.33 bits per heavy atom. The van der Waals surface area contributed by atoms with E-state index in [1.165, 1.54) is 5.01 Å². The third kappa shape index (κ3) is 3.48. The van der Waals surface area contributed by atoms with Crippen molar-refractivity contribution in [2.24, 2.45) is 11.0 Å². The molecule has 0 saturated heterocycles. The summed E-state index contributed by atoms with van der Waals surface area (Å²) in [6.45, 7) is 4.09. The van der Waals surface area contributed by atoms with Crippen LogP contribution >= 0.6 is 0 Å². The largest absolute Gasteiger partial charge is 0.461 e. The highest BCUT2D eigenvalue weighted by molar-refractivity contribution is 6.38. The van der Waals surface area contributed by atoms with Crippen molar-refractivity contribution in [3.05, 3.63) is 30.3 Å². The van der Waals surface area contributed by atoms with Crippen molar-refractivity contribution in [1.82, 2.24) is 0 Å². The fraction of sp³-hybridized carbons (Fsp3) is 0.438. The van der Waals surface area contributed by atoms with Gasteiger partial charge in [0.2, 0.25) is 5.91 Å². The topological polar surface area (TPSA) is 59.0 Å². The molecule has 1 aliphatic heterocycles. The number of hydrazone groups is 1. The summed E-state index contributed by atoms with van der Waals surface area (Å²) in [5.74, 6) is -0.668. The predicted octanol–water partition coefficient (Wildman–Crippen LogP) is 2.76. The van der Waals surface area contributed by atoms with E-state index in [0.29, 0.717) is 24.4 Å². The highest BCUT2D eigenvalue weighted by Crippen LogP contribution is 2.26. The second kappa shape index (κ2) is 7.02. The molecule has 0 N–H and O–H groups in total. The van der Waals surface area contributed by atoms with Gasteiger partial charge in [0.1, 0.15) is 5.71 Å². The van der Waals surface area contributed by atoms with E-state index in [-0.39, 0.29) is 11.8 Å². The van der Waals surface area contributed by atoms with Crippen LogP contribution in [0.5, 0.6) is 0 Å². The second-order valence-electron chi connectivity index (χ2n) is 4.94. The standard InChI is InChI=1S/C16H20N2O3/c1-3-8-12-11-14(19)18(13-9-6-5-7-10-13)17-15(12)16(20)21-4-2/h5-7,9-10,12H,3-4,8,11H2,1-2H3/t12-/m1/s1. The molecular weight excluding hydrogens is 268 g/mol. The van der Waals surface area contributed by atoms with Crippen LogP contribution in [-0.4, -0.2) is 24.2 Å². The summed E-state index contributed by atoms with van der Waals surface area (Å²) in [5, 5.41) is 5.58. The molecule has 0 spiro atoms. The summed E-state index contributed by atoms with van der Waals surface area (Å²) in [6, 6.07) is 9.13. The number of rotatable bonds is 5. The molecule has 5 nitrogen and oxygen atoms in total. The lowest BCUT2D eigenvalue weighted by Crippen LogP contribution is -2.40. The summed E-state index contributed by atoms with van der Waals surface area (Å²) < 4.78 is 5.07. The molecule has 0 aliphatic carbocycles. The highest BCUT2D eigenvalue weighted by atomic mass is 16.5. The number of carbonyl (C=O) groups is 2. The number of benzene rings is 1. The van der Waals surface area contributed by atoms with Crippen molar-refractivity contribution in [2.45, 2.75) is 33.1 Å². The maximum Gasteiger partial charge on any atom is 0.354 e. The van der Waals surface area contributed by atoms with Crippen LogP contribution in [0.4, 0.5) is 5.69 Å². The van der Waals surface area contributed by atoms with Gasteiger partial charge in [-0.25, -0.2) is 9.80 Å². The van der Waals surface area contributed by atoms with Crippen molar-refractivity contribution >= 4 is 23.3 Å². The van der Waals surface area contributed by atoms with E-state index >= 15 is 0 Å². The Morgan fingerprint density at radius 3 is 2.67 bits per heavy atom. The first-order valence-corrected chi connectivity index (χ1v) is 7.31. The van der Waals surface area contributed by atoms with Crippen molar-refractivity contribution in [2.75, 3.05) is 11.6 Å². The maximum atomic E-state index is 12.3. The molecule has 0 aromatic heterocycles. The van der Waals surface area contributed by atoms with E-state index < -0.39 is 5.97 Å². The Balaban J connectivity index is 2.34. The molecule has 0 saturated carbocycles. The summed E-state index contributed by atoms with van der Waals surface area (Å²) in [5.41, 5.74) is 1.02. The van der Waals surface area contributed by atoms with Crippen LogP contribution in [0, 0.1) is 5.92 Å². The van der Waals surface area contributed by atoms with E-state index in [9.17, 15) is 9.59 Å². The molecule has 1 amide bonds. The van der Waals surface area contributed by atoms with Gasteiger partial charge in [0.15, 0.2) is 0 Å². The molecule has 0 bridgehead atoms. The van der Waals surface area contributed by atoms with Crippen molar-refractivity contribution in [3.63, 3.8) is 0 Å². The molecule has 1 aromatic rings. The molecule has 1 heterocycles. The number of nitrogens with zero attached hydrogens (tertiary/aromatic N) is 2. The quantitative estimate of drug-likeness (QED) is 0.783. The first kappa shape index (κ1) is 15.2. The molecule has 1 aromatic carbocycles. The van der Waals surface area contributed by atoms with Gasteiger partial charge in [0.05, 0.1) is 12.3 Å². The van der Waals surface area contributed by atoms with Crippen molar-refractivity contribution in [1.29, 1.82) is 0 Å². The second-order valence-corrected chi connectivity index (χ2v) is 4.94. The molecule has 1 atom stereocenters. The van der Waals surface area contributed by atoms with E-state index in [1.807, 2.05) is 25.1 Å². The van der Waals surface area contributed by atoms with Gasteiger partial charge < -0.3 is 4.74 Å². The Morgan fingerprint density at radius 2 is 2.05 bits per heavy atom. The Bertz CT molecular complexity index is 540. The van der Waals surface area contributed by atoms with E-state index in [4.69, 9.17) is 4.74 Å². The van der Waals surface area contributed by atoms with Gasteiger partial charge in [0, 0.05) is 12.3 Å². The van der Waals surface area contributed by atoms with Crippen LogP contribution in [0.15, 0.2) is 35.4 Å². The van der Waals surface area contributed by atoms with E-state index in [0.717, 1.165) is 12.8 Å². The molecule has 21 heavy (non-hydrogen) atoms. The van der Waals surface area contributed by atoms with Crippen LogP contribution < -0.4 is 5.01 Å². The number of hydrogen-bond donors (Lipinski definition) is 0. The van der Waals surface area contributed by atoms with Gasteiger partial charge >= 0.3 is 5.97 Å². The lowest BCUT2D eigenvalue weighted by Gasteiger charge is -2.28. The van der Waals surface area contributed by atoms with E-state index in [1.54, 1.807) is 19.1 Å². The highest BCUT2D eigenvalue weighted by Gasteiger charge is 2.34. The molecule has 112 valence electrons. The molecule has 1 aliphatic rings. The Hall–Kier alpha value is -2.17. The maximum absolute atomic E-state index is 12.3. The zero-order valence-electron chi connectivity index (χ0n) is 12.4. The number of carbonyl (C=O) groups excluding carboxylic acids is 2. The number of esters is 1. The third-order valence-corrected chi connectivity index (χ3v) is 3.37. The molecule has 0 radical (unpaired) electrons. The number of hydrogen-bond acceptors (Lipinski definition) is 4. The van der Waals surface area contributed by atoms with Gasteiger partial charge in [-0.3, -0.25) is 4.79 Å². The fourth-order valence-electron chi connectivity index (χ4n) is 2.41. The number of ether oxygens (including phenoxy) is 1. The fourth-order valence-corrected chi connectivity index (χ4v) is 2.41. The minimum atomic E-state index is -0.426. The smallest absolute Gasteiger partial charge is 0.354 e.